The minimum Gasteiger partial charge on any atom is -0.462 e. The molecule has 0 aromatic carbocycles. The van der Waals surface area contributed by atoms with Gasteiger partial charge in [-0.25, -0.2) is 10.6 Å². The smallest absolute Gasteiger partial charge is 0.397 e. The lowest BCUT2D eigenvalue weighted by molar-refractivity contribution is -0.152. The maximum Gasteiger partial charge on any atom is 0.397 e. The molecule has 0 aliphatic carbocycles. The highest BCUT2D eigenvalue weighted by atomic mass is 16.5. The van der Waals surface area contributed by atoms with E-state index in [0.29, 0.717) is 0 Å². The molecule has 0 heterocycles. The van der Waals surface area contributed by atoms with E-state index in [4.69, 9.17) is 0 Å². The SMILES string of the molecule is COC(=O)C(=O)NN. The lowest BCUT2D eigenvalue weighted by Crippen LogP contribution is -2.36. The fraction of sp³-hybridized carbons (Fsp3) is 0.333. The van der Waals surface area contributed by atoms with Crippen molar-refractivity contribution in [2.45, 2.75) is 0 Å². The molecule has 0 aromatic rings. The van der Waals surface area contributed by atoms with E-state index in [1.54, 1.807) is 5.43 Å². The van der Waals surface area contributed by atoms with Gasteiger partial charge in [0.15, 0.2) is 0 Å². The molecule has 5 nitrogen and oxygen atoms in total. The molecule has 1 amide bonds. The number of hydrogen-bond donors (Lipinski definition) is 2. The number of methoxy groups -OCH3 is 1. The van der Waals surface area contributed by atoms with Gasteiger partial charge in [0.1, 0.15) is 0 Å². The van der Waals surface area contributed by atoms with E-state index in [9.17, 15) is 9.59 Å². The number of carbonyl (C=O) groups excluding carboxylic acids is 2. The number of nitrogens with two attached hydrogens (primary N) is 1. The summed E-state index contributed by atoms with van der Waals surface area (Å²) >= 11 is 0. The second-order valence-electron chi connectivity index (χ2n) is 0.965. The Morgan fingerprint density at radius 2 is 2.12 bits per heavy atom. The van der Waals surface area contributed by atoms with Crippen molar-refractivity contribution in [3.63, 3.8) is 0 Å². The molecule has 0 spiro atoms. The van der Waals surface area contributed by atoms with Crippen LogP contribution >= 0.6 is 0 Å². The van der Waals surface area contributed by atoms with Crippen LogP contribution in [-0.2, 0) is 14.3 Å². The fourth-order valence-electron chi connectivity index (χ4n) is 0.152. The Kier molecular flexibility index (Phi) is 2.57. The van der Waals surface area contributed by atoms with Crippen molar-refractivity contribution < 1.29 is 14.3 Å². The van der Waals surface area contributed by atoms with Crippen LogP contribution in [0.15, 0.2) is 0 Å². The number of hydrazine groups is 1. The average molecular weight is 118 g/mol. The van der Waals surface area contributed by atoms with Gasteiger partial charge in [0.2, 0.25) is 0 Å². The molecule has 46 valence electrons. The molecule has 0 aliphatic heterocycles. The quantitative estimate of drug-likeness (QED) is 0.129. The number of hydrogen-bond acceptors (Lipinski definition) is 4. The van der Waals surface area contributed by atoms with Crippen molar-refractivity contribution in [2.24, 2.45) is 5.84 Å². The Bertz CT molecular complexity index is 97.1. The third-order valence-corrected chi connectivity index (χ3v) is 0.502. The van der Waals surface area contributed by atoms with Gasteiger partial charge < -0.3 is 4.74 Å². The summed E-state index contributed by atoms with van der Waals surface area (Å²) in [5, 5.41) is 0. The average Bonchev–Trinajstić information content (AvgIpc) is 1.84. The summed E-state index contributed by atoms with van der Waals surface area (Å²) in [4.78, 5) is 20.1. The standard InChI is InChI=1S/C3H6N2O3/c1-8-3(7)2(6)5-4/h4H2,1H3,(H,5,6). The number of rotatable bonds is 0. The molecule has 0 radical (unpaired) electrons. The van der Waals surface area contributed by atoms with E-state index < -0.39 is 11.9 Å². The Balaban J connectivity index is 3.64. The Morgan fingerprint density at radius 1 is 1.62 bits per heavy atom. The highest BCUT2D eigenvalue weighted by Crippen LogP contribution is 1.68. The Labute approximate surface area is 45.8 Å². The first-order valence-electron chi connectivity index (χ1n) is 1.81. The highest BCUT2D eigenvalue weighted by molar-refractivity contribution is 6.32. The van der Waals surface area contributed by atoms with Crippen LogP contribution in [0.3, 0.4) is 0 Å². The summed E-state index contributed by atoms with van der Waals surface area (Å²) in [6.45, 7) is 0. The summed E-state index contributed by atoms with van der Waals surface area (Å²) in [5.41, 5.74) is 1.60. The minimum atomic E-state index is -0.993. The monoisotopic (exact) mass is 118 g/mol. The molecule has 5 heteroatoms. The predicted octanol–water partition coefficient (Wildman–Crippen LogP) is -1.85. The predicted molar refractivity (Wildman–Crippen MR) is 24.3 cm³/mol. The van der Waals surface area contributed by atoms with Gasteiger partial charge in [-0.1, -0.05) is 0 Å². The van der Waals surface area contributed by atoms with Crippen LogP contribution in [0.25, 0.3) is 0 Å². The highest BCUT2D eigenvalue weighted by Gasteiger charge is 2.09. The molecular weight excluding hydrogens is 112 g/mol. The third-order valence-electron chi connectivity index (χ3n) is 0.502. The van der Waals surface area contributed by atoms with Crippen molar-refractivity contribution in [2.75, 3.05) is 7.11 Å². The first-order valence-corrected chi connectivity index (χ1v) is 1.81. The summed E-state index contributed by atoms with van der Waals surface area (Å²) < 4.78 is 3.97. The molecule has 0 fully saturated rings. The van der Waals surface area contributed by atoms with Crippen molar-refractivity contribution in [1.29, 1.82) is 0 Å². The Hall–Kier alpha value is -1.10. The molecular formula is C3H6N2O3. The van der Waals surface area contributed by atoms with Crippen molar-refractivity contribution in [1.82, 2.24) is 5.43 Å². The lowest BCUT2D eigenvalue weighted by Gasteiger charge is -1.92. The van der Waals surface area contributed by atoms with Gasteiger partial charge in [0.25, 0.3) is 0 Å². The van der Waals surface area contributed by atoms with Gasteiger partial charge >= 0.3 is 11.9 Å². The van der Waals surface area contributed by atoms with E-state index >= 15 is 0 Å². The van der Waals surface area contributed by atoms with Crippen LogP contribution in [0.5, 0.6) is 0 Å². The molecule has 0 aliphatic rings. The molecule has 0 rings (SSSR count). The van der Waals surface area contributed by atoms with Gasteiger partial charge in [0, 0.05) is 0 Å². The lowest BCUT2D eigenvalue weighted by atomic mass is 10.6. The second-order valence-corrected chi connectivity index (χ2v) is 0.965. The zero-order chi connectivity index (χ0) is 6.57. The van der Waals surface area contributed by atoms with Gasteiger partial charge in [-0.2, -0.15) is 0 Å². The van der Waals surface area contributed by atoms with Crippen molar-refractivity contribution in [3.05, 3.63) is 0 Å². The van der Waals surface area contributed by atoms with Crippen molar-refractivity contribution >= 4 is 11.9 Å². The van der Waals surface area contributed by atoms with Crippen LogP contribution in [-0.4, -0.2) is 19.0 Å². The number of nitrogens with one attached hydrogen (secondary N) is 1. The van der Waals surface area contributed by atoms with E-state index in [1.165, 1.54) is 0 Å². The van der Waals surface area contributed by atoms with E-state index in [1.807, 2.05) is 0 Å². The molecule has 0 saturated carbocycles. The molecule has 0 saturated heterocycles. The molecule has 3 N–H and O–H groups in total. The van der Waals surface area contributed by atoms with E-state index in [2.05, 4.69) is 10.6 Å². The van der Waals surface area contributed by atoms with Gasteiger partial charge in [-0.15, -0.1) is 0 Å². The maximum atomic E-state index is 10.0. The topological polar surface area (TPSA) is 81.4 Å². The number of amides is 1. The number of ether oxygens (including phenoxy) is 1. The van der Waals surface area contributed by atoms with Crippen LogP contribution in [0, 0.1) is 0 Å². The third kappa shape index (κ3) is 1.57. The van der Waals surface area contributed by atoms with Crippen molar-refractivity contribution in [3.8, 4) is 0 Å². The van der Waals surface area contributed by atoms with E-state index in [0.717, 1.165) is 7.11 Å². The number of carbonyl (C=O) groups is 2. The van der Waals surface area contributed by atoms with Gasteiger partial charge in [-0.3, -0.25) is 10.2 Å². The van der Waals surface area contributed by atoms with Crippen LogP contribution in [0.1, 0.15) is 0 Å². The summed E-state index contributed by atoms with van der Waals surface area (Å²) in [6, 6.07) is 0. The first-order chi connectivity index (χ1) is 3.72. The first kappa shape index (κ1) is 6.90. The largest absolute Gasteiger partial charge is 0.462 e. The Morgan fingerprint density at radius 3 is 2.25 bits per heavy atom. The maximum absolute atomic E-state index is 10.0. The minimum absolute atomic E-state index is 0.951. The van der Waals surface area contributed by atoms with Crippen LogP contribution < -0.4 is 11.3 Å². The summed E-state index contributed by atoms with van der Waals surface area (Å²) in [6.07, 6.45) is 0. The zero-order valence-corrected chi connectivity index (χ0v) is 4.30. The molecule has 0 aromatic heterocycles. The summed E-state index contributed by atoms with van der Waals surface area (Å²) in [5.74, 6) is 2.60. The molecule has 8 heavy (non-hydrogen) atoms. The van der Waals surface area contributed by atoms with Gasteiger partial charge in [0.05, 0.1) is 7.11 Å². The normalized spacial score (nSPS) is 7.75. The number of esters is 1. The molecule has 0 atom stereocenters. The van der Waals surface area contributed by atoms with E-state index in [-0.39, 0.29) is 0 Å². The molecule has 0 bridgehead atoms. The van der Waals surface area contributed by atoms with Gasteiger partial charge in [-0.05, 0) is 0 Å². The fourth-order valence-corrected chi connectivity index (χ4v) is 0.152. The second kappa shape index (κ2) is 2.98. The van der Waals surface area contributed by atoms with Crippen LogP contribution in [0.4, 0.5) is 0 Å². The summed E-state index contributed by atoms with van der Waals surface area (Å²) in [7, 11) is 1.09. The van der Waals surface area contributed by atoms with Crippen LogP contribution in [0.2, 0.25) is 0 Å². The zero-order valence-electron chi connectivity index (χ0n) is 4.30. The molecule has 0 unspecified atom stereocenters.